The van der Waals surface area contributed by atoms with E-state index in [1.807, 2.05) is 0 Å². The van der Waals surface area contributed by atoms with Gasteiger partial charge in [-0.25, -0.2) is 4.79 Å². The van der Waals surface area contributed by atoms with Gasteiger partial charge in [-0.05, 0) is 48.6 Å². The maximum absolute atomic E-state index is 13.1. The number of likely N-dealkylation sites (tertiary alicyclic amines) is 1. The monoisotopic (exact) mass is 540 g/mol. The molecule has 13 nitrogen and oxygen atoms in total. The first-order chi connectivity index (χ1) is 18.7. The number of nitrogens with zero attached hydrogens (tertiary/aromatic N) is 4. The first-order valence-electron chi connectivity index (χ1n) is 12.7. The van der Waals surface area contributed by atoms with E-state index in [4.69, 9.17) is 9.47 Å². The van der Waals surface area contributed by atoms with Crippen molar-refractivity contribution in [3.05, 3.63) is 57.2 Å². The molecule has 2 bridgehead atoms. The molecule has 208 valence electrons. The van der Waals surface area contributed by atoms with Gasteiger partial charge in [0.25, 0.3) is 11.5 Å². The summed E-state index contributed by atoms with van der Waals surface area (Å²) in [6.45, 7) is 1.26. The normalized spacial score (nSPS) is 21.9. The number of methoxy groups -OCH3 is 2. The molecule has 1 aromatic carbocycles. The number of hydrogen-bond acceptors (Lipinski definition) is 9. The summed E-state index contributed by atoms with van der Waals surface area (Å²) in [5, 5.41) is 22.7. The molecule has 2 N–H and O–H groups in total. The van der Waals surface area contributed by atoms with E-state index in [1.54, 1.807) is 29.2 Å². The van der Waals surface area contributed by atoms with Crippen molar-refractivity contribution in [3.63, 3.8) is 0 Å². The van der Waals surface area contributed by atoms with Crippen molar-refractivity contribution in [2.45, 2.75) is 44.3 Å². The number of carbonyl (C=O) groups excluding carboxylic acids is 3. The van der Waals surface area contributed by atoms with Crippen LogP contribution < -0.4 is 25.6 Å². The van der Waals surface area contributed by atoms with Crippen molar-refractivity contribution in [3.8, 4) is 11.5 Å². The van der Waals surface area contributed by atoms with Crippen LogP contribution in [-0.4, -0.2) is 70.8 Å². The number of pyridine rings is 1. The minimum absolute atomic E-state index is 0.0248. The fraction of sp³-hybridized carbons (Fsp3) is 0.462. The number of carbonyl (C=O) groups is 3. The highest BCUT2D eigenvalue weighted by Gasteiger charge is 2.40. The Hall–Kier alpha value is -4.10. The van der Waals surface area contributed by atoms with Crippen LogP contribution >= 0.6 is 0 Å². The minimum atomic E-state index is -0.794. The quantitative estimate of drug-likeness (QED) is 0.373. The number of hydrogen-bond donors (Lipinski definition) is 2. The van der Waals surface area contributed by atoms with Gasteiger partial charge in [0.2, 0.25) is 5.91 Å². The summed E-state index contributed by atoms with van der Waals surface area (Å²) in [6, 6.07) is 6.79. The molecule has 2 aromatic rings. The molecule has 39 heavy (non-hydrogen) atoms. The number of rotatable bonds is 8. The van der Waals surface area contributed by atoms with Crippen LogP contribution in [0.1, 0.15) is 36.4 Å². The van der Waals surface area contributed by atoms with Crippen LogP contribution in [0, 0.1) is 11.1 Å². The van der Waals surface area contributed by atoms with E-state index in [9.17, 15) is 29.6 Å². The number of piperidine rings is 1. The van der Waals surface area contributed by atoms with Crippen LogP contribution in [0.5, 0.6) is 11.5 Å². The lowest BCUT2D eigenvalue weighted by Gasteiger charge is -2.43. The van der Waals surface area contributed by atoms with Gasteiger partial charge >= 0.3 is 6.03 Å². The van der Waals surface area contributed by atoms with Crippen LogP contribution in [0.3, 0.4) is 0 Å². The summed E-state index contributed by atoms with van der Waals surface area (Å²) in [7, 11) is 3.03. The highest BCUT2D eigenvalue weighted by Crippen LogP contribution is 2.36. The lowest BCUT2D eigenvalue weighted by atomic mass is 9.83. The number of urea groups is 1. The summed E-state index contributed by atoms with van der Waals surface area (Å²) in [5.41, 5.74) is 0.535. The highest BCUT2D eigenvalue weighted by molar-refractivity contribution is 6.04. The predicted octanol–water partition coefficient (Wildman–Crippen LogP) is 1.41. The topological polar surface area (TPSA) is 157 Å². The third-order valence-electron chi connectivity index (χ3n) is 7.69. The number of nitrogens with one attached hydrogen (secondary N) is 1. The fourth-order valence-electron chi connectivity index (χ4n) is 5.79. The maximum Gasteiger partial charge on any atom is 0.325 e. The van der Waals surface area contributed by atoms with E-state index < -0.39 is 28.8 Å². The van der Waals surface area contributed by atoms with Gasteiger partial charge in [-0.15, -0.1) is 0 Å². The van der Waals surface area contributed by atoms with E-state index in [-0.39, 0.29) is 42.8 Å². The number of imide groups is 1. The van der Waals surface area contributed by atoms with Crippen LogP contribution in [0.4, 0.5) is 10.5 Å². The van der Waals surface area contributed by atoms with Gasteiger partial charge in [0, 0.05) is 37.7 Å². The molecule has 0 radical (unpaired) electrons. The van der Waals surface area contributed by atoms with Crippen molar-refractivity contribution < 1.29 is 29.1 Å². The lowest BCUT2D eigenvalue weighted by Crippen LogP contribution is -2.49. The molecule has 0 saturated carbocycles. The molecule has 2 fully saturated rings. The predicted molar refractivity (Wildman–Crippen MR) is 137 cm³/mol. The second-order valence-electron chi connectivity index (χ2n) is 10.1. The van der Waals surface area contributed by atoms with Gasteiger partial charge in [0.15, 0.2) is 11.5 Å². The second-order valence-corrected chi connectivity index (χ2v) is 10.1. The molecular formula is C26H30N5O8-. The minimum Gasteiger partial charge on any atom is -0.733 e. The van der Waals surface area contributed by atoms with Crippen LogP contribution in [0.15, 0.2) is 35.1 Å². The van der Waals surface area contributed by atoms with Crippen LogP contribution in [0.25, 0.3) is 0 Å². The number of amides is 4. The Balaban J connectivity index is 1.19. The Morgan fingerprint density at radius 2 is 1.87 bits per heavy atom. The molecule has 5 rings (SSSR count). The zero-order valence-electron chi connectivity index (χ0n) is 21.7. The van der Waals surface area contributed by atoms with Crippen molar-refractivity contribution in [1.29, 1.82) is 0 Å². The number of ether oxygens (including phenoxy) is 2. The number of aromatic nitrogens is 1. The average Bonchev–Trinajstić information content (AvgIpc) is 3.19. The molecule has 0 spiro atoms. The molecule has 13 heteroatoms. The van der Waals surface area contributed by atoms with Gasteiger partial charge in [0.1, 0.15) is 11.7 Å². The first kappa shape index (κ1) is 26.5. The second kappa shape index (κ2) is 10.6. The third kappa shape index (κ3) is 5.02. The average molecular weight is 541 g/mol. The summed E-state index contributed by atoms with van der Waals surface area (Å²) >= 11 is 0. The molecule has 3 aliphatic rings. The highest BCUT2D eigenvalue weighted by atomic mass is 16.8. The number of anilines is 1. The van der Waals surface area contributed by atoms with E-state index in [2.05, 4.69) is 5.32 Å². The Morgan fingerprint density at radius 1 is 1.10 bits per heavy atom. The van der Waals surface area contributed by atoms with Gasteiger partial charge in [-0.1, -0.05) is 6.07 Å². The summed E-state index contributed by atoms with van der Waals surface area (Å²) < 4.78 is 12.0. The van der Waals surface area contributed by atoms with E-state index in [0.29, 0.717) is 36.7 Å². The van der Waals surface area contributed by atoms with Crippen LogP contribution in [0.2, 0.25) is 0 Å². The molecule has 0 aliphatic carbocycles. The molecule has 3 atom stereocenters. The van der Waals surface area contributed by atoms with Crippen molar-refractivity contribution in [2.75, 3.05) is 32.5 Å². The van der Waals surface area contributed by atoms with E-state index >= 15 is 0 Å². The van der Waals surface area contributed by atoms with Crippen LogP contribution in [-0.2, 0) is 22.7 Å². The largest absolute Gasteiger partial charge is 0.733 e. The van der Waals surface area contributed by atoms with Crippen molar-refractivity contribution in [1.82, 2.24) is 19.7 Å². The number of benzene rings is 1. The zero-order chi connectivity index (χ0) is 27.8. The van der Waals surface area contributed by atoms with Gasteiger partial charge in [-0.3, -0.25) is 24.5 Å². The Kier molecular flexibility index (Phi) is 7.19. The Morgan fingerprint density at radius 3 is 2.59 bits per heavy atom. The van der Waals surface area contributed by atoms with Crippen molar-refractivity contribution in [2.24, 2.45) is 5.92 Å². The molecule has 3 aliphatic heterocycles. The Labute approximate surface area is 224 Å². The molecule has 3 unspecified atom stereocenters. The maximum atomic E-state index is 13.1. The van der Waals surface area contributed by atoms with Gasteiger partial charge < -0.3 is 34.7 Å². The first-order valence-corrected chi connectivity index (χ1v) is 12.7. The van der Waals surface area contributed by atoms with Crippen molar-refractivity contribution >= 4 is 23.5 Å². The summed E-state index contributed by atoms with van der Waals surface area (Å²) in [4.78, 5) is 54.1. The summed E-state index contributed by atoms with van der Waals surface area (Å²) in [5.74, 6) is 0.459. The van der Waals surface area contributed by atoms with E-state index in [0.717, 1.165) is 17.0 Å². The third-order valence-corrected chi connectivity index (χ3v) is 7.69. The fourth-order valence-corrected chi connectivity index (χ4v) is 5.79. The lowest BCUT2D eigenvalue weighted by molar-refractivity contribution is -0.134. The molecule has 2 saturated heterocycles. The van der Waals surface area contributed by atoms with E-state index in [1.165, 1.54) is 24.9 Å². The Bertz CT molecular complexity index is 1360. The molecule has 4 heterocycles. The molecular weight excluding hydrogens is 510 g/mol. The molecule has 1 aromatic heterocycles. The van der Waals surface area contributed by atoms with Gasteiger partial charge in [-0.2, -0.15) is 0 Å². The zero-order valence-corrected chi connectivity index (χ0v) is 21.7. The SMILES string of the molecule is COc1ccc(CN2C(=O)NC(CCC(=O)N3CC4CC(C3)c3ccc(N([O-])O)c(=O)n3C4)C2=O)cc1OC. The number of fused-ring (bicyclic) bond motifs is 4. The molecule has 4 amide bonds. The standard InChI is InChI=1S/C26H30N5O8/c1-38-21-7-3-15(10-22(21)39-2)12-30-24(33)18(27-26(30)35)4-8-23(32)28-11-16-9-17(14-28)19-5-6-20(31(36)37)25(34)29(19)13-16/h3,5-7,10,16-18,36H,4,8-9,11-14H2,1-2H3,(H,27,35)/q-1. The smallest absolute Gasteiger partial charge is 0.325 e. The summed E-state index contributed by atoms with van der Waals surface area (Å²) in [6.07, 6.45) is 1.07. The van der Waals surface area contributed by atoms with Gasteiger partial charge in [0.05, 0.1) is 20.8 Å².